The molecular weight excluding hydrogens is 304 g/mol. The number of hydrazine groups is 1. The molecule has 2 atom stereocenters. The van der Waals surface area contributed by atoms with Crippen LogP contribution in [0.4, 0.5) is 0 Å². The van der Waals surface area contributed by atoms with E-state index in [1.165, 1.54) is 11.3 Å². The van der Waals surface area contributed by atoms with Crippen molar-refractivity contribution in [2.45, 2.75) is 26.7 Å². The average Bonchev–Trinajstić information content (AvgIpc) is 2.84. The Morgan fingerprint density at radius 3 is 2.32 bits per heavy atom. The molecule has 2 amide bonds. The lowest BCUT2D eigenvalue weighted by molar-refractivity contribution is -0.147. The van der Waals surface area contributed by atoms with Crippen LogP contribution in [0.2, 0.25) is 0 Å². The van der Waals surface area contributed by atoms with Crippen LogP contribution in [0, 0.1) is 25.7 Å². The highest BCUT2D eigenvalue weighted by Gasteiger charge is 2.34. The first kappa shape index (κ1) is 16.2. The Morgan fingerprint density at radius 1 is 1.14 bits per heavy atom. The molecule has 0 spiro atoms. The maximum absolute atomic E-state index is 12.1. The van der Waals surface area contributed by atoms with Gasteiger partial charge < -0.3 is 5.11 Å². The van der Waals surface area contributed by atoms with Gasteiger partial charge in [-0.3, -0.25) is 25.2 Å². The number of nitrogens with one attached hydrogen (secondary N) is 2. The van der Waals surface area contributed by atoms with E-state index in [1.54, 1.807) is 17.5 Å². The highest BCUT2D eigenvalue weighted by atomic mass is 32.1. The van der Waals surface area contributed by atoms with E-state index in [0.29, 0.717) is 18.4 Å². The molecule has 0 saturated heterocycles. The Morgan fingerprint density at radius 2 is 1.77 bits per heavy atom. The number of carboxylic acid groups (broad SMARTS) is 1. The molecule has 6 nitrogen and oxygen atoms in total. The Kier molecular flexibility index (Phi) is 4.97. The number of aryl methyl sites for hydroxylation is 1. The van der Waals surface area contributed by atoms with Crippen molar-refractivity contribution in [3.63, 3.8) is 0 Å². The van der Waals surface area contributed by atoms with E-state index in [0.717, 1.165) is 10.4 Å². The first-order chi connectivity index (χ1) is 10.4. The summed E-state index contributed by atoms with van der Waals surface area (Å²) in [5, 5.41) is 10.9. The van der Waals surface area contributed by atoms with Crippen molar-refractivity contribution in [2.75, 3.05) is 0 Å². The molecule has 1 aliphatic carbocycles. The largest absolute Gasteiger partial charge is 0.481 e. The minimum Gasteiger partial charge on any atom is -0.481 e. The normalized spacial score (nSPS) is 20.5. The molecule has 0 unspecified atom stereocenters. The summed E-state index contributed by atoms with van der Waals surface area (Å²) in [6, 6.07) is 0. The molecule has 118 valence electrons. The van der Waals surface area contributed by atoms with Crippen LogP contribution in [-0.4, -0.2) is 22.9 Å². The van der Waals surface area contributed by atoms with Gasteiger partial charge in [-0.15, -0.1) is 11.3 Å². The fourth-order valence-corrected chi connectivity index (χ4v) is 3.26. The number of hydrogen-bond acceptors (Lipinski definition) is 4. The molecule has 7 heteroatoms. The third kappa shape index (κ3) is 3.36. The summed E-state index contributed by atoms with van der Waals surface area (Å²) in [5.41, 5.74) is 6.09. The Balaban J connectivity index is 1.97. The molecule has 0 fully saturated rings. The predicted octanol–water partition coefficient (Wildman–Crippen LogP) is 1.79. The van der Waals surface area contributed by atoms with Gasteiger partial charge in [0.1, 0.15) is 0 Å². The van der Waals surface area contributed by atoms with Gasteiger partial charge in [-0.05, 0) is 32.3 Å². The van der Waals surface area contributed by atoms with Gasteiger partial charge in [0, 0.05) is 10.3 Å². The molecule has 1 heterocycles. The molecule has 1 aromatic heterocycles. The van der Waals surface area contributed by atoms with Crippen molar-refractivity contribution in [1.29, 1.82) is 0 Å². The van der Waals surface area contributed by atoms with Crippen LogP contribution in [0.3, 0.4) is 0 Å². The summed E-state index contributed by atoms with van der Waals surface area (Å²) in [5.74, 6) is -3.30. The molecule has 2 rings (SSSR count). The minimum atomic E-state index is -1.000. The summed E-state index contributed by atoms with van der Waals surface area (Å²) in [4.78, 5) is 36.4. The first-order valence-electron chi connectivity index (χ1n) is 6.94. The fourth-order valence-electron chi connectivity index (χ4n) is 2.39. The number of thiophene rings is 1. The van der Waals surface area contributed by atoms with Crippen LogP contribution < -0.4 is 10.9 Å². The van der Waals surface area contributed by atoms with Crippen molar-refractivity contribution in [1.82, 2.24) is 10.9 Å². The minimum absolute atomic E-state index is 0.324. The summed E-state index contributed by atoms with van der Waals surface area (Å²) < 4.78 is 0. The standard InChI is InChI=1S/C15H18N2O4S/c1-8-9(2)22-7-12(8)14(19)17-16-13(18)10-5-3-4-6-11(10)15(20)21/h3-4,7,10-11H,5-6H2,1-2H3,(H,16,18)(H,17,19)(H,20,21)/t10-,11+/m0/s1. The van der Waals surface area contributed by atoms with Crippen LogP contribution in [0.15, 0.2) is 17.5 Å². The number of carbonyl (C=O) groups excluding carboxylic acids is 2. The van der Waals surface area contributed by atoms with Gasteiger partial charge in [-0.25, -0.2) is 0 Å². The van der Waals surface area contributed by atoms with Crippen molar-refractivity contribution >= 4 is 29.1 Å². The zero-order valence-corrected chi connectivity index (χ0v) is 13.2. The van der Waals surface area contributed by atoms with Gasteiger partial charge in [0.2, 0.25) is 5.91 Å². The lowest BCUT2D eigenvalue weighted by atomic mass is 9.82. The number of hydrogen-bond donors (Lipinski definition) is 3. The summed E-state index contributed by atoms with van der Waals surface area (Å²) in [6.45, 7) is 3.76. The summed E-state index contributed by atoms with van der Waals surface area (Å²) in [6.07, 6.45) is 4.23. The topological polar surface area (TPSA) is 95.5 Å². The van der Waals surface area contributed by atoms with Gasteiger partial charge >= 0.3 is 5.97 Å². The second-order valence-corrected chi connectivity index (χ2v) is 6.35. The predicted molar refractivity (Wildman–Crippen MR) is 82.4 cm³/mol. The van der Waals surface area contributed by atoms with E-state index in [2.05, 4.69) is 10.9 Å². The molecule has 1 aliphatic rings. The van der Waals surface area contributed by atoms with E-state index in [9.17, 15) is 14.4 Å². The van der Waals surface area contributed by atoms with Gasteiger partial charge in [0.05, 0.1) is 17.4 Å². The van der Waals surface area contributed by atoms with Crippen molar-refractivity contribution in [2.24, 2.45) is 11.8 Å². The van der Waals surface area contributed by atoms with Crippen LogP contribution in [0.5, 0.6) is 0 Å². The lowest BCUT2D eigenvalue weighted by Gasteiger charge is -2.24. The fraction of sp³-hybridized carbons (Fsp3) is 0.400. The third-order valence-corrected chi connectivity index (χ3v) is 4.93. The molecule has 0 bridgehead atoms. The number of aliphatic carboxylic acids is 1. The van der Waals surface area contributed by atoms with Crippen LogP contribution in [0.25, 0.3) is 0 Å². The second kappa shape index (κ2) is 6.74. The van der Waals surface area contributed by atoms with Gasteiger partial charge in [-0.2, -0.15) is 0 Å². The van der Waals surface area contributed by atoms with Crippen molar-refractivity contribution in [3.05, 3.63) is 33.5 Å². The van der Waals surface area contributed by atoms with Crippen LogP contribution in [-0.2, 0) is 9.59 Å². The molecule has 1 aromatic rings. The van der Waals surface area contributed by atoms with E-state index in [4.69, 9.17) is 5.11 Å². The molecule has 0 saturated carbocycles. The SMILES string of the molecule is Cc1scc(C(=O)NNC(=O)[C@H]2CC=CC[C@H]2C(=O)O)c1C. The number of carboxylic acids is 1. The maximum Gasteiger partial charge on any atom is 0.307 e. The number of rotatable bonds is 3. The first-order valence-corrected chi connectivity index (χ1v) is 7.82. The molecule has 22 heavy (non-hydrogen) atoms. The van der Waals surface area contributed by atoms with Crippen molar-refractivity contribution in [3.8, 4) is 0 Å². The Labute approximate surface area is 132 Å². The van der Waals surface area contributed by atoms with Gasteiger partial charge in [0.15, 0.2) is 0 Å². The van der Waals surface area contributed by atoms with E-state index in [-0.39, 0.29) is 0 Å². The van der Waals surface area contributed by atoms with Crippen LogP contribution >= 0.6 is 11.3 Å². The zero-order valence-electron chi connectivity index (χ0n) is 12.4. The monoisotopic (exact) mass is 322 g/mol. The summed E-state index contributed by atoms with van der Waals surface area (Å²) >= 11 is 1.47. The molecule has 0 radical (unpaired) electrons. The lowest BCUT2D eigenvalue weighted by Crippen LogP contribution is -2.47. The van der Waals surface area contributed by atoms with Crippen molar-refractivity contribution < 1.29 is 19.5 Å². The highest BCUT2D eigenvalue weighted by Crippen LogP contribution is 2.26. The van der Waals surface area contributed by atoms with E-state index >= 15 is 0 Å². The average molecular weight is 322 g/mol. The molecule has 0 aliphatic heterocycles. The highest BCUT2D eigenvalue weighted by molar-refractivity contribution is 7.10. The third-order valence-electron chi connectivity index (χ3n) is 3.92. The smallest absolute Gasteiger partial charge is 0.307 e. The molecular formula is C15H18N2O4S. The summed E-state index contributed by atoms with van der Waals surface area (Å²) in [7, 11) is 0. The number of allylic oxidation sites excluding steroid dienone is 2. The number of carbonyl (C=O) groups is 3. The Hall–Kier alpha value is -2.15. The number of amides is 2. The Bertz CT molecular complexity index is 635. The van der Waals surface area contributed by atoms with Crippen LogP contribution in [0.1, 0.15) is 33.6 Å². The van der Waals surface area contributed by atoms with Gasteiger partial charge in [-0.1, -0.05) is 12.2 Å². The second-order valence-electron chi connectivity index (χ2n) is 5.27. The molecule has 3 N–H and O–H groups in total. The van der Waals surface area contributed by atoms with E-state index in [1.807, 2.05) is 13.8 Å². The quantitative estimate of drug-likeness (QED) is 0.584. The van der Waals surface area contributed by atoms with E-state index < -0.39 is 29.6 Å². The van der Waals surface area contributed by atoms with Gasteiger partial charge in [0.25, 0.3) is 5.91 Å². The zero-order chi connectivity index (χ0) is 16.3. The maximum atomic E-state index is 12.1. The molecule has 0 aromatic carbocycles.